The summed E-state index contributed by atoms with van der Waals surface area (Å²) in [5.41, 5.74) is 0. The SMILES string of the molecule is CCCN1CCCC(NCC2CC2C)CC1. The third-order valence-electron chi connectivity index (χ3n) is 4.31. The van der Waals surface area contributed by atoms with Gasteiger partial charge in [0.1, 0.15) is 0 Å². The molecule has 3 atom stereocenters. The van der Waals surface area contributed by atoms with Crippen molar-refractivity contribution in [3.63, 3.8) is 0 Å². The van der Waals surface area contributed by atoms with Crippen molar-refractivity contribution in [2.45, 2.75) is 52.0 Å². The van der Waals surface area contributed by atoms with E-state index in [-0.39, 0.29) is 0 Å². The van der Waals surface area contributed by atoms with Gasteiger partial charge < -0.3 is 10.2 Å². The molecular weight excluding hydrogens is 196 g/mol. The molecule has 0 bridgehead atoms. The average molecular weight is 224 g/mol. The number of hydrogen-bond acceptors (Lipinski definition) is 2. The lowest BCUT2D eigenvalue weighted by atomic mass is 10.1. The van der Waals surface area contributed by atoms with E-state index < -0.39 is 0 Å². The maximum atomic E-state index is 3.79. The predicted molar refractivity (Wildman–Crippen MR) is 69.6 cm³/mol. The van der Waals surface area contributed by atoms with Crippen LogP contribution >= 0.6 is 0 Å². The van der Waals surface area contributed by atoms with Crippen molar-refractivity contribution in [1.82, 2.24) is 10.2 Å². The highest BCUT2D eigenvalue weighted by atomic mass is 15.1. The standard InChI is InChI=1S/C14H28N2/c1-3-7-16-8-4-5-14(6-9-16)15-11-13-10-12(13)2/h12-15H,3-11H2,1-2H3. The first-order chi connectivity index (χ1) is 7.79. The van der Waals surface area contributed by atoms with Crippen LogP contribution in [0.15, 0.2) is 0 Å². The summed E-state index contributed by atoms with van der Waals surface area (Å²) >= 11 is 0. The van der Waals surface area contributed by atoms with Crippen molar-refractivity contribution in [2.24, 2.45) is 11.8 Å². The van der Waals surface area contributed by atoms with Crippen molar-refractivity contribution >= 4 is 0 Å². The Morgan fingerprint density at radius 3 is 2.75 bits per heavy atom. The van der Waals surface area contributed by atoms with Crippen LogP contribution in [-0.2, 0) is 0 Å². The van der Waals surface area contributed by atoms with Gasteiger partial charge in [-0.05, 0) is 70.1 Å². The first-order valence-corrected chi connectivity index (χ1v) is 7.25. The zero-order chi connectivity index (χ0) is 11.4. The van der Waals surface area contributed by atoms with E-state index in [0.29, 0.717) is 0 Å². The summed E-state index contributed by atoms with van der Waals surface area (Å²) in [7, 11) is 0. The molecule has 94 valence electrons. The molecule has 1 saturated carbocycles. The van der Waals surface area contributed by atoms with Gasteiger partial charge in [-0.15, -0.1) is 0 Å². The topological polar surface area (TPSA) is 15.3 Å². The van der Waals surface area contributed by atoms with Crippen LogP contribution in [0.3, 0.4) is 0 Å². The second-order valence-electron chi connectivity index (χ2n) is 5.85. The van der Waals surface area contributed by atoms with Crippen LogP contribution in [0.2, 0.25) is 0 Å². The zero-order valence-electron chi connectivity index (χ0n) is 11.0. The molecule has 3 unspecified atom stereocenters. The van der Waals surface area contributed by atoms with Crippen molar-refractivity contribution in [3.8, 4) is 0 Å². The molecule has 2 nitrogen and oxygen atoms in total. The Balaban J connectivity index is 1.63. The molecule has 2 fully saturated rings. The van der Waals surface area contributed by atoms with Gasteiger partial charge in [0.25, 0.3) is 0 Å². The summed E-state index contributed by atoms with van der Waals surface area (Å²) in [6.07, 6.45) is 6.90. The van der Waals surface area contributed by atoms with E-state index in [1.165, 1.54) is 58.3 Å². The fourth-order valence-electron chi connectivity index (χ4n) is 2.90. The first-order valence-electron chi connectivity index (χ1n) is 7.25. The average Bonchev–Trinajstić information content (AvgIpc) is 3.00. The summed E-state index contributed by atoms with van der Waals surface area (Å²) in [4.78, 5) is 2.64. The largest absolute Gasteiger partial charge is 0.314 e. The molecule has 2 aliphatic rings. The maximum Gasteiger partial charge on any atom is 0.00798 e. The summed E-state index contributed by atoms with van der Waals surface area (Å²) < 4.78 is 0. The van der Waals surface area contributed by atoms with Gasteiger partial charge in [-0.2, -0.15) is 0 Å². The van der Waals surface area contributed by atoms with Gasteiger partial charge in [-0.25, -0.2) is 0 Å². The van der Waals surface area contributed by atoms with Gasteiger partial charge in [0, 0.05) is 6.04 Å². The van der Waals surface area contributed by atoms with E-state index in [0.717, 1.165) is 17.9 Å². The Labute approximate surface area is 101 Å². The van der Waals surface area contributed by atoms with Crippen LogP contribution in [0.25, 0.3) is 0 Å². The van der Waals surface area contributed by atoms with E-state index in [1.807, 2.05) is 0 Å². The van der Waals surface area contributed by atoms with Gasteiger partial charge >= 0.3 is 0 Å². The molecule has 1 aliphatic heterocycles. The molecular formula is C14H28N2. The van der Waals surface area contributed by atoms with Gasteiger partial charge in [0.2, 0.25) is 0 Å². The van der Waals surface area contributed by atoms with Crippen LogP contribution in [0.1, 0.15) is 46.0 Å². The highest BCUT2D eigenvalue weighted by Gasteiger charge is 2.32. The van der Waals surface area contributed by atoms with E-state index in [4.69, 9.17) is 0 Å². The first kappa shape index (κ1) is 12.4. The highest BCUT2D eigenvalue weighted by molar-refractivity contribution is 4.86. The smallest absolute Gasteiger partial charge is 0.00798 e. The number of nitrogens with zero attached hydrogens (tertiary/aromatic N) is 1. The molecule has 1 N–H and O–H groups in total. The fourth-order valence-corrected chi connectivity index (χ4v) is 2.90. The van der Waals surface area contributed by atoms with Crippen molar-refractivity contribution in [3.05, 3.63) is 0 Å². The van der Waals surface area contributed by atoms with Gasteiger partial charge in [-0.3, -0.25) is 0 Å². The molecule has 1 heterocycles. The molecule has 2 rings (SSSR count). The third kappa shape index (κ3) is 3.74. The Kier molecular flexibility index (Phi) is 4.66. The lowest BCUT2D eigenvalue weighted by Gasteiger charge is -2.19. The molecule has 1 aliphatic carbocycles. The third-order valence-corrected chi connectivity index (χ3v) is 4.31. The minimum Gasteiger partial charge on any atom is -0.314 e. The Bertz CT molecular complexity index is 205. The molecule has 0 radical (unpaired) electrons. The number of hydrogen-bond donors (Lipinski definition) is 1. The summed E-state index contributed by atoms with van der Waals surface area (Å²) in [6, 6.07) is 0.801. The van der Waals surface area contributed by atoms with Crippen molar-refractivity contribution < 1.29 is 0 Å². The quantitative estimate of drug-likeness (QED) is 0.772. The van der Waals surface area contributed by atoms with E-state index >= 15 is 0 Å². The van der Waals surface area contributed by atoms with Crippen LogP contribution in [0.5, 0.6) is 0 Å². The summed E-state index contributed by atoms with van der Waals surface area (Å²) in [6.45, 7) is 9.88. The second-order valence-corrected chi connectivity index (χ2v) is 5.85. The van der Waals surface area contributed by atoms with Crippen molar-refractivity contribution in [1.29, 1.82) is 0 Å². The Morgan fingerprint density at radius 2 is 2.06 bits per heavy atom. The number of likely N-dealkylation sites (tertiary alicyclic amines) is 1. The lowest BCUT2D eigenvalue weighted by molar-refractivity contribution is 0.282. The normalized spacial score (nSPS) is 36.0. The van der Waals surface area contributed by atoms with Crippen LogP contribution in [-0.4, -0.2) is 37.1 Å². The zero-order valence-corrected chi connectivity index (χ0v) is 11.0. The number of rotatable bonds is 5. The maximum absolute atomic E-state index is 3.79. The van der Waals surface area contributed by atoms with Crippen molar-refractivity contribution in [2.75, 3.05) is 26.2 Å². The molecule has 0 aromatic rings. The Hall–Kier alpha value is -0.0800. The molecule has 0 spiro atoms. The van der Waals surface area contributed by atoms with Crippen LogP contribution in [0, 0.1) is 11.8 Å². The van der Waals surface area contributed by atoms with Gasteiger partial charge in [-0.1, -0.05) is 13.8 Å². The van der Waals surface area contributed by atoms with Gasteiger partial charge in [0.05, 0.1) is 0 Å². The van der Waals surface area contributed by atoms with Crippen LogP contribution in [0.4, 0.5) is 0 Å². The molecule has 2 heteroatoms. The van der Waals surface area contributed by atoms with E-state index in [9.17, 15) is 0 Å². The molecule has 1 saturated heterocycles. The summed E-state index contributed by atoms with van der Waals surface area (Å²) in [5, 5.41) is 3.79. The molecule has 0 aromatic heterocycles. The predicted octanol–water partition coefficient (Wildman–Crippen LogP) is 2.50. The Morgan fingerprint density at radius 1 is 1.25 bits per heavy atom. The molecule has 16 heavy (non-hydrogen) atoms. The van der Waals surface area contributed by atoms with E-state index in [2.05, 4.69) is 24.1 Å². The van der Waals surface area contributed by atoms with Crippen LogP contribution < -0.4 is 5.32 Å². The summed E-state index contributed by atoms with van der Waals surface area (Å²) in [5.74, 6) is 1.99. The highest BCUT2D eigenvalue weighted by Crippen LogP contribution is 2.36. The minimum absolute atomic E-state index is 0.801. The fraction of sp³-hybridized carbons (Fsp3) is 1.00. The lowest BCUT2D eigenvalue weighted by Crippen LogP contribution is -2.32. The van der Waals surface area contributed by atoms with E-state index in [1.54, 1.807) is 0 Å². The number of nitrogens with one attached hydrogen (secondary N) is 1. The minimum atomic E-state index is 0.801. The monoisotopic (exact) mass is 224 g/mol. The molecule has 0 amide bonds. The second kappa shape index (κ2) is 6.02. The molecule has 0 aromatic carbocycles. The van der Waals surface area contributed by atoms with Gasteiger partial charge in [0.15, 0.2) is 0 Å².